The number of nitrogens with zero attached hydrogens (tertiary/aromatic N) is 1. The van der Waals surface area contributed by atoms with Crippen LogP contribution in [-0.2, 0) is 4.79 Å². The molecule has 4 nitrogen and oxygen atoms in total. The maximum atomic E-state index is 12.3. The van der Waals surface area contributed by atoms with Gasteiger partial charge in [-0.2, -0.15) is 0 Å². The number of hydrogen-bond donors (Lipinski definition) is 0. The summed E-state index contributed by atoms with van der Waals surface area (Å²) in [5.41, 5.74) is 1.26. The predicted octanol–water partition coefficient (Wildman–Crippen LogP) is 1.74. The Balaban J connectivity index is 2.04. The SMILES string of the molecule is CC(=O)C1=CC=CC1N1C(=O)c2ccccc2C1=O. The maximum absolute atomic E-state index is 12.3. The van der Waals surface area contributed by atoms with Crippen molar-refractivity contribution in [3.63, 3.8) is 0 Å². The Bertz CT molecular complexity index is 635. The Morgan fingerprint density at radius 3 is 2.21 bits per heavy atom. The van der Waals surface area contributed by atoms with Gasteiger partial charge in [-0.05, 0) is 19.1 Å². The summed E-state index contributed by atoms with van der Waals surface area (Å²) in [5.74, 6) is -0.819. The van der Waals surface area contributed by atoms with E-state index in [0.717, 1.165) is 4.90 Å². The first-order chi connectivity index (χ1) is 9.11. The van der Waals surface area contributed by atoms with Crippen molar-refractivity contribution in [2.75, 3.05) is 0 Å². The number of amides is 2. The second-order valence-corrected chi connectivity index (χ2v) is 4.53. The van der Waals surface area contributed by atoms with Crippen molar-refractivity contribution in [1.82, 2.24) is 4.90 Å². The molecule has 1 aliphatic carbocycles. The highest BCUT2D eigenvalue weighted by molar-refractivity contribution is 6.22. The Morgan fingerprint density at radius 1 is 1.11 bits per heavy atom. The number of Topliss-reactive ketones (excluding diaryl/α,β-unsaturated/α-hetero) is 1. The number of rotatable bonds is 2. The summed E-state index contributed by atoms with van der Waals surface area (Å²) < 4.78 is 0. The zero-order chi connectivity index (χ0) is 13.6. The molecule has 0 N–H and O–H groups in total. The van der Waals surface area contributed by atoms with Crippen molar-refractivity contribution in [1.29, 1.82) is 0 Å². The molecule has 2 aliphatic rings. The van der Waals surface area contributed by atoms with Gasteiger partial charge < -0.3 is 0 Å². The lowest BCUT2D eigenvalue weighted by Gasteiger charge is -2.22. The molecule has 1 atom stereocenters. The molecule has 4 heteroatoms. The number of fused-ring (bicyclic) bond motifs is 1. The molecule has 1 aromatic rings. The third-order valence-electron chi connectivity index (χ3n) is 3.40. The van der Waals surface area contributed by atoms with Gasteiger partial charge in [0.05, 0.1) is 17.2 Å². The van der Waals surface area contributed by atoms with Crippen molar-refractivity contribution in [3.05, 3.63) is 59.2 Å². The van der Waals surface area contributed by atoms with Crippen LogP contribution < -0.4 is 0 Å². The molecule has 3 rings (SSSR count). The van der Waals surface area contributed by atoms with Gasteiger partial charge >= 0.3 is 0 Å². The third-order valence-corrected chi connectivity index (χ3v) is 3.40. The zero-order valence-corrected chi connectivity index (χ0v) is 10.3. The molecule has 0 fully saturated rings. The van der Waals surface area contributed by atoms with Crippen LogP contribution in [0.25, 0.3) is 0 Å². The van der Waals surface area contributed by atoms with E-state index < -0.39 is 6.04 Å². The molecule has 1 aliphatic heterocycles. The van der Waals surface area contributed by atoms with Crippen LogP contribution in [0.3, 0.4) is 0 Å². The highest BCUT2D eigenvalue weighted by atomic mass is 16.2. The summed E-state index contributed by atoms with van der Waals surface area (Å²) in [6.07, 6.45) is 5.04. The standard InChI is InChI=1S/C15H11NO3/c1-9(17)10-7-4-8-13(10)16-14(18)11-5-2-3-6-12(11)15(16)19/h2-8,13H,1H3. The number of allylic oxidation sites excluding steroid dienone is 2. The minimum atomic E-state index is -0.579. The van der Waals surface area contributed by atoms with Crippen LogP contribution in [-0.4, -0.2) is 28.5 Å². The van der Waals surface area contributed by atoms with E-state index in [-0.39, 0.29) is 17.6 Å². The van der Waals surface area contributed by atoms with Crippen molar-refractivity contribution in [2.24, 2.45) is 0 Å². The van der Waals surface area contributed by atoms with Crippen molar-refractivity contribution in [2.45, 2.75) is 13.0 Å². The fraction of sp³-hybridized carbons (Fsp3) is 0.133. The lowest BCUT2D eigenvalue weighted by molar-refractivity contribution is -0.113. The molecular formula is C15H11NO3. The van der Waals surface area contributed by atoms with Gasteiger partial charge in [0.1, 0.15) is 0 Å². The number of imide groups is 1. The minimum absolute atomic E-state index is 0.133. The number of hydrogen-bond acceptors (Lipinski definition) is 3. The molecule has 19 heavy (non-hydrogen) atoms. The summed E-state index contributed by atoms with van der Waals surface area (Å²) in [6, 6.07) is 6.13. The van der Waals surface area contributed by atoms with Gasteiger partial charge in [-0.25, -0.2) is 0 Å². The highest BCUT2D eigenvalue weighted by Gasteiger charge is 2.41. The zero-order valence-electron chi connectivity index (χ0n) is 10.3. The fourth-order valence-corrected chi connectivity index (χ4v) is 2.48. The quantitative estimate of drug-likeness (QED) is 0.754. The summed E-state index contributed by atoms with van der Waals surface area (Å²) in [5, 5.41) is 0. The van der Waals surface area contributed by atoms with Crippen molar-refractivity contribution in [3.8, 4) is 0 Å². The van der Waals surface area contributed by atoms with Crippen molar-refractivity contribution >= 4 is 17.6 Å². The fourth-order valence-electron chi connectivity index (χ4n) is 2.48. The van der Waals surface area contributed by atoms with E-state index >= 15 is 0 Å². The van der Waals surface area contributed by atoms with Crippen LogP contribution in [0.5, 0.6) is 0 Å². The lowest BCUT2D eigenvalue weighted by Crippen LogP contribution is -2.40. The third kappa shape index (κ3) is 1.57. The monoisotopic (exact) mass is 253 g/mol. The highest BCUT2D eigenvalue weighted by Crippen LogP contribution is 2.29. The Kier molecular flexibility index (Phi) is 2.45. The minimum Gasteiger partial charge on any atom is -0.295 e. The molecule has 0 bridgehead atoms. The van der Waals surface area contributed by atoms with Gasteiger partial charge in [0.2, 0.25) is 0 Å². The van der Waals surface area contributed by atoms with Gasteiger partial charge in [0.25, 0.3) is 11.8 Å². The first-order valence-electron chi connectivity index (χ1n) is 5.97. The van der Waals surface area contributed by atoms with Crippen LogP contribution >= 0.6 is 0 Å². The van der Waals surface area contributed by atoms with Gasteiger partial charge in [-0.15, -0.1) is 0 Å². The number of benzene rings is 1. The van der Waals surface area contributed by atoms with E-state index in [2.05, 4.69) is 0 Å². The van der Waals surface area contributed by atoms with E-state index in [9.17, 15) is 14.4 Å². The van der Waals surface area contributed by atoms with Crippen molar-refractivity contribution < 1.29 is 14.4 Å². The molecular weight excluding hydrogens is 242 g/mol. The Hall–Kier alpha value is -2.49. The molecule has 94 valence electrons. The normalized spacial score (nSPS) is 20.8. The first kappa shape index (κ1) is 11.6. The van der Waals surface area contributed by atoms with E-state index in [1.807, 2.05) is 0 Å². The molecule has 1 aromatic carbocycles. The Morgan fingerprint density at radius 2 is 1.68 bits per heavy atom. The molecule has 1 heterocycles. The molecule has 0 aromatic heterocycles. The lowest BCUT2D eigenvalue weighted by atomic mass is 10.1. The molecule has 1 unspecified atom stereocenters. The van der Waals surface area contributed by atoms with Crippen LogP contribution in [0, 0.1) is 0 Å². The molecule has 0 spiro atoms. The summed E-state index contributed by atoms with van der Waals surface area (Å²) in [7, 11) is 0. The van der Waals surface area contributed by atoms with Crippen LogP contribution in [0.4, 0.5) is 0 Å². The molecule has 0 saturated heterocycles. The first-order valence-corrected chi connectivity index (χ1v) is 5.97. The average Bonchev–Trinajstić information content (AvgIpc) is 2.95. The molecule has 0 radical (unpaired) electrons. The number of carbonyl (C=O) groups is 3. The van der Waals surface area contributed by atoms with Crippen LogP contribution in [0.1, 0.15) is 27.6 Å². The van der Waals surface area contributed by atoms with Gasteiger partial charge in [-0.3, -0.25) is 19.3 Å². The second-order valence-electron chi connectivity index (χ2n) is 4.53. The number of ketones is 1. The second kappa shape index (κ2) is 4.02. The van der Waals surface area contributed by atoms with E-state index in [1.165, 1.54) is 6.92 Å². The number of carbonyl (C=O) groups excluding carboxylic acids is 3. The smallest absolute Gasteiger partial charge is 0.262 e. The van der Waals surface area contributed by atoms with E-state index in [0.29, 0.717) is 16.7 Å². The molecule has 2 amide bonds. The van der Waals surface area contributed by atoms with Gasteiger partial charge in [0.15, 0.2) is 5.78 Å². The summed E-state index contributed by atoms with van der Waals surface area (Å²) in [6.45, 7) is 1.43. The summed E-state index contributed by atoms with van der Waals surface area (Å²) in [4.78, 5) is 37.3. The maximum Gasteiger partial charge on any atom is 0.262 e. The Labute approximate surface area is 110 Å². The predicted molar refractivity (Wildman–Crippen MR) is 68.6 cm³/mol. The van der Waals surface area contributed by atoms with Gasteiger partial charge in [-0.1, -0.05) is 30.4 Å². The van der Waals surface area contributed by atoms with Crippen LogP contribution in [0.2, 0.25) is 0 Å². The van der Waals surface area contributed by atoms with Crippen LogP contribution in [0.15, 0.2) is 48.1 Å². The van der Waals surface area contributed by atoms with E-state index in [1.54, 1.807) is 42.5 Å². The average molecular weight is 253 g/mol. The van der Waals surface area contributed by atoms with E-state index in [4.69, 9.17) is 0 Å². The summed E-state index contributed by atoms with van der Waals surface area (Å²) >= 11 is 0. The van der Waals surface area contributed by atoms with Gasteiger partial charge in [0, 0.05) is 5.57 Å². The molecule has 0 saturated carbocycles. The topological polar surface area (TPSA) is 54.5 Å². The largest absolute Gasteiger partial charge is 0.295 e.